The van der Waals surface area contributed by atoms with Gasteiger partial charge in [-0.15, -0.1) is 0 Å². The molecule has 1 fully saturated rings. The zero-order valence-electron chi connectivity index (χ0n) is 14.9. The Morgan fingerprint density at radius 1 is 1.17 bits per heavy atom. The molecule has 0 aliphatic carbocycles. The van der Waals surface area contributed by atoms with Gasteiger partial charge in [-0.3, -0.25) is 4.90 Å². The third kappa shape index (κ3) is 5.44. The van der Waals surface area contributed by atoms with Crippen LogP contribution in [0.2, 0.25) is 0 Å². The maximum atomic E-state index is 12.0. The Labute approximate surface area is 145 Å². The van der Waals surface area contributed by atoms with E-state index in [2.05, 4.69) is 21.6 Å². The van der Waals surface area contributed by atoms with E-state index in [1.165, 1.54) is 0 Å². The summed E-state index contributed by atoms with van der Waals surface area (Å²) in [7, 11) is 0.551. The highest BCUT2D eigenvalue weighted by Crippen LogP contribution is 2.24. The molecule has 1 N–H and O–H groups in total. The molecule has 136 valence electrons. The predicted molar refractivity (Wildman–Crippen MR) is 96.9 cm³/mol. The van der Waals surface area contributed by atoms with E-state index in [0.717, 1.165) is 37.5 Å². The highest BCUT2D eigenvalue weighted by Gasteiger charge is 2.25. The maximum absolute atomic E-state index is 12.0. The first kappa shape index (κ1) is 19.2. The van der Waals surface area contributed by atoms with E-state index < -0.39 is 10.0 Å². The molecular formula is C17H29N3O3S. The van der Waals surface area contributed by atoms with Gasteiger partial charge in [-0.2, -0.15) is 0 Å². The Balaban J connectivity index is 2.14. The quantitative estimate of drug-likeness (QED) is 0.762. The minimum absolute atomic E-state index is 0.0382. The number of hydrogen-bond donors (Lipinski definition) is 1. The van der Waals surface area contributed by atoms with Crippen molar-refractivity contribution in [3.63, 3.8) is 0 Å². The molecule has 1 aromatic rings. The largest absolute Gasteiger partial charge is 0.497 e. The first-order valence-corrected chi connectivity index (χ1v) is 10.1. The van der Waals surface area contributed by atoms with E-state index in [0.29, 0.717) is 13.0 Å². The van der Waals surface area contributed by atoms with Crippen molar-refractivity contribution in [1.82, 2.24) is 14.5 Å². The molecule has 2 rings (SSSR count). The van der Waals surface area contributed by atoms with E-state index in [1.54, 1.807) is 7.11 Å². The lowest BCUT2D eigenvalue weighted by Gasteiger charge is -2.38. The second-order valence-electron chi connectivity index (χ2n) is 6.30. The Morgan fingerprint density at radius 2 is 1.79 bits per heavy atom. The fraction of sp³-hybridized carbons (Fsp3) is 0.647. The molecule has 0 saturated carbocycles. The normalized spacial score (nSPS) is 18.5. The third-order valence-electron chi connectivity index (χ3n) is 4.45. The van der Waals surface area contributed by atoms with Gasteiger partial charge in [0.2, 0.25) is 10.0 Å². The Bertz CT molecular complexity index is 596. The summed E-state index contributed by atoms with van der Waals surface area (Å²) in [4.78, 5) is 4.65. The summed E-state index contributed by atoms with van der Waals surface area (Å²) in [6.45, 7) is 6.13. The van der Waals surface area contributed by atoms with Crippen LogP contribution in [0.3, 0.4) is 0 Å². The lowest BCUT2D eigenvalue weighted by Crippen LogP contribution is -2.48. The van der Waals surface area contributed by atoms with Crippen molar-refractivity contribution < 1.29 is 13.2 Å². The van der Waals surface area contributed by atoms with Gasteiger partial charge < -0.3 is 9.64 Å². The zero-order valence-corrected chi connectivity index (χ0v) is 15.7. The van der Waals surface area contributed by atoms with Crippen molar-refractivity contribution in [2.75, 3.05) is 52.6 Å². The molecule has 0 bridgehead atoms. The van der Waals surface area contributed by atoms with Crippen LogP contribution in [0.5, 0.6) is 5.75 Å². The molecular weight excluding hydrogens is 326 g/mol. The van der Waals surface area contributed by atoms with E-state index in [1.807, 2.05) is 31.2 Å². The summed E-state index contributed by atoms with van der Waals surface area (Å²) in [5, 5.41) is 0. The molecule has 1 aromatic carbocycles. The lowest BCUT2D eigenvalue weighted by molar-refractivity contribution is 0.113. The molecule has 1 heterocycles. The van der Waals surface area contributed by atoms with Crippen molar-refractivity contribution in [3.8, 4) is 5.75 Å². The predicted octanol–water partition coefficient (Wildman–Crippen LogP) is 1.31. The van der Waals surface area contributed by atoms with E-state index in [4.69, 9.17) is 4.74 Å². The van der Waals surface area contributed by atoms with Gasteiger partial charge in [0, 0.05) is 38.8 Å². The smallest absolute Gasteiger partial charge is 0.211 e. The minimum Gasteiger partial charge on any atom is -0.497 e. The number of methoxy groups -OCH3 is 1. The summed E-state index contributed by atoms with van der Waals surface area (Å²) in [5.74, 6) is 0.980. The van der Waals surface area contributed by atoms with Crippen LogP contribution >= 0.6 is 0 Å². The van der Waals surface area contributed by atoms with E-state index in [-0.39, 0.29) is 11.8 Å². The van der Waals surface area contributed by atoms with Crippen molar-refractivity contribution in [3.05, 3.63) is 29.8 Å². The second kappa shape index (κ2) is 8.80. The van der Waals surface area contributed by atoms with Gasteiger partial charge in [0.1, 0.15) is 5.75 Å². The summed E-state index contributed by atoms with van der Waals surface area (Å²) >= 11 is 0. The Morgan fingerprint density at radius 3 is 2.33 bits per heavy atom. The van der Waals surface area contributed by atoms with Crippen molar-refractivity contribution in [2.24, 2.45) is 0 Å². The molecule has 7 heteroatoms. The van der Waals surface area contributed by atoms with Crippen molar-refractivity contribution in [1.29, 1.82) is 0 Å². The maximum Gasteiger partial charge on any atom is 0.211 e. The summed E-state index contributed by atoms with van der Waals surface area (Å²) < 4.78 is 32.1. The summed E-state index contributed by atoms with van der Waals surface area (Å²) in [6, 6.07) is 7.94. The number of piperazine rings is 1. The molecule has 1 atom stereocenters. The number of nitrogens with one attached hydrogen (secondary N) is 1. The fourth-order valence-corrected chi connectivity index (χ4v) is 4.06. The molecule has 0 radical (unpaired) electrons. The molecule has 0 spiro atoms. The SMILES string of the molecule is CCCS(=O)(=O)NCC(c1ccc(OC)cc1)N1CCN(C)CC1. The number of ether oxygens (including phenoxy) is 1. The number of hydrogen-bond acceptors (Lipinski definition) is 5. The van der Waals surface area contributed by atoms with Crippen LogP contribution in [0.1, 0.15) is 24.9 Å². The van der Waals surface area contributed by atoms with Gasteiger partial charge in [0.05, 0.1) is 12.9 Å². The Hall–Kier alpha value is -1.15. The van der Waals surface area contributed by atoms with Crippen LogP contribution in [0.25, 0.3) is 0 Å². The number of rotatable bonds is 8. The first-order chi connectivity index (χ1) is 11.4. The average molecular weight is 356 g/mol. The van der Waals surface area contributed by atoms with Gasteiger partial charge in [-0.25, -0.2) is 13.1 Å². The van der Waals surface area contributed by atoms with Crippen LogP contribution in [-0.2, 0) is 10.0 Å². The molecule has 24 heavy (non-hydrogen) atoms. The van der Waals surface area contributed by atoms with Crippen LogP contribution in [0, 0.1) is 0 Å². The van der Waals surface area contributed by atoms with Crippen LogP contribution in [0.4, 0.5) is 0 Å². The molecule has 1 aliphatic rings. The fourth-order valence-electron chi connectivity index (χ4n) is 2.96. The summed E-state index contributed by atoms with van der Waals surface area (Å²) in [5.41, 5.74) is 1.11. The molecule has 0 aromatic heterocycles. The van der Waals surface area contributed by atoms with E-state index in [9.17, 15) is 8.42 Å². The van der Waals surface area contributed by atoms with Gasteiger partial charge in [-0.1, -0.05) is 19.1 Å². The minimum atomic E-state index is -3.21. The highest BCUT2D eigenvalue weighted by atomic mass is 32.2. The van der Waals surface area contributed by atoms with Gasteiger partial charge in [-0.05, 0) is 31.2 Å². The highest BCUT2D eigenvalue weighted by molar-refractivity contribution is 7.89. The van der Waals surface area contributed by atoms with Crippen LogP contribution in [-0.4, -0.2) is 70.9 Å². The van der Waals surface area contributed by atoms with Gasteiger partial charge in [0.25, 0.3) is 0 Å². The average Bonchev–Trinajstić information content (AvgIpc) is 2.57. The van der Waals surface area contributed by atoms with Gasteiger partial charge >= 0.3 is 0 Å². The lowest BCUT2D eigenvalue weighted by atomic mass is 10.0. The number of nitrogens with zero attached hydrogens (tertiary/aromatic N) is 2. The number of likely N-dealkylation sites (N-methyl/N-ethyl adjacent to an activating group) is 1. The van der Waals surface area contributed by atoms with Crippen molar-refractivity contribution in [2.45, 2.75) is 19.4 Å². The van der Waals surface area contributed by atoms with E-state index >= 15 is 0 Å². The topological polar surface area (TPSA) is 61.9 Å². The summed E-state index contributed by atoms with van der Waals surface area (Å²) in [6.07, 6.45) is 0.622. The number of sulfonamides is 1. The molecule has 1 aliphatic heterocycles. The van der Waals surface area contributed by atoms with Crippen molar-refractivity contribution >= 4 is 10.0 Å². The zero-order chi connectivity index (χ0) is 17.6. The Kier molecular flexibility index (Phi) is 7.03. The molecule has 1 saturated heterocycles. The van der Waals surface area contributed by atoms with Crippen LogP contribution in [0.15, 0.2) is 24.3 Å². The third-order valence-corrected chi connectivity index (χ3v) is 6.00. The molecule has 1 unspecified atom stereocenters. The monoisotopic (exact) mass is 355 g/mol. The molecule has 0 amide bonds. The second-order valence-corrected chi connectivity index (χ2v) is 8.22. The van der Waals surface area contributed by atoms with Crippen LogP contribution < -0.4 is 9.46 Å². The molecule has 6 nitrogen and oxygen atoms in total. The number of benzene rings is 1. The standard InChI is InChI=1S/C17H29N3O3S/c1-4-13-24(21,22)18-14-17(20-11-9-19(2)10-12-20)15-5-7-16(23-3)8-6-15/h5-8,17-18H,4,9-14H2,1-3H3. The first-order valence-electron chi connectivity index (χ1n) is 8.49. The van der Waals surface area contributed by atoms with Gasteiger partial charge in [0.15, 0.2) is 0 Å².